The van der Waals surface area contributed by atoms with E-state index in [0.29, 0.717) is 0 Å². The Kier molecular flexibility index (Phi) is 4.39. The molecule has 21 heavy (non-hydrogen) atoms. The van der Waals surface area contributed by atoms with Gasteiger partial charge in [-0.3, -0.25) is 0 Å². The molecule has 0 aliphatic carbocycles. The zero-order valence-electron chi connectivity index (χ0n) is 12.1. The molecule has 110 valence electrons. The Morgan fingerprint density at radius 2 is 2.05 bits per heavy atom. The van der Waals surface area contributed by atoms with Crippen LogP contribution >= 0.6 is 15.9 Å². The monoisotopic (exact) mass is 346 g/mol. The molecule has 0 amide bonds. The minimum absolute atomic E-state index is 0.251. The summed E-state index contributed by atoms with van der Waals surface area (Å²) in [6, 6.07) is 8.18. The van der Waals surface area contributed by atoms with E-state index in [-0.39, 0.29) is 6.17 Å². The number of rotatable bonds is 3. The molecule has 5 heteroatoms. The van der Waals surface area contributed by atoms with Crippen LogP contribution < -0.4 is 10.2 Å². The third kappa shape index (κ3) is 3.35. The molecule has 1 atom stereocenters. The molecule has 0 bridgehead atoms. The first-order chi connectivity index (χ1) is 10.2. The van der Waals surface area contributed by atoms with Crippen molar-refractivity contribution in [3.63, 3.8) is 0 Å². The summed E-state index contributed by atoms with van der Waals surface area (Å²) < 4.78 is 1.11. The van der Waals surface area contributed by atoms with Gasteiger partial charge in [0.15, 0.2) is 0 Å². The van der Waals surface area contributed by atoms with Crippen LogP contribution in [0.15, 0.2) is 41.1 Å². The Morgan fingerprint density at radius 1 is 1.24 bits per heavy atom. The fraction of sp³-hybridized carbons (Fsp3) is 0.375. The molecule has 1 saturated heterocycles. The van der Waals surface area contributed by atoms with Crippen molar-refractivity contribution in [2.75, 3.05) is 16.8 Å². The Bertz CT molecular complexity index is 602. The first-order valence-corrected chi connectivity index (χ1v) is 8.10. The van der Waals surface area contributed by atoms with E-state index in [9.17, 15) is 0 Å². The third-order valence-electron chi connectivity index (χ3n) is 3.82. The van der Waals surface area contributed by atoms with Crippen LogP contribution in [0.3, 0.4) is 0 Å². The van der Waals surface area contributed by atoms with Crippen molar-refractivity contribution in [1.29, 1.82) is 0 Å². The number of nitrogens with zero attached hydrogens (tertiary/aromatic N) is 3. The van der Waals surface area contributed by atoms with E-state index >= 15 is 0 Å². The summed E-state index contributed by atoms with van der Waals surface area (Å²) in [5, 5.41) is 3.65. The lowest BCUT2D eigenvalue weighted by Crippen LogP contribution is -2.45. The molecule has 1 N–H and O–H groups in total. The molecule has 2 heterocycles. The van der Waals surface area contributed by atoms with Gasteiger partial charge < -0.3 is 10.2 Å². The molecule has 1 aliphatic heterocycles. The molecular weight excluding hydrogens is 328 g/mol. The van der Waals surface area contributed by atoms with Gasteiger partial charge in [0.2, 0.25) is 5.95 Å². The normalized spacial score (nSPS) is 18.6. The van der Waals surface area contributed by atoms with Gasteiger partial charge in [0.25, 0.3) is 0 Å². The SMILES string of the molecule is Cc1cc(Br)ccc1NC1CCCCN1c1ncccn1. The second-order valence-electron chi connectivity index (χ2n) is 5.36. The van der Waals surface area contributed by atoms with Crippen LogP contribution in [-0.2, 0) is 0 Å². The van der Waals surface area contributed by atoms with Gasteiger partial charge in [-0.15, -0.1) is 0 Å². The summed E-state index contributed by atoms with van der Waals surface area (Å²) >= 11 is 3.51. The largest absolute Gasteiger partial charge is 0.365 e. The topological polar surface area (TPSA) is 41.0 Å². The third-order valence-corrected chi connectivity index (χ3v) is 4.32. The van der Waals surface area contributed by atoms with Crippen LogP contribution in [0, 0.1) is 6.92 Å². The van der Waals surface area contributed by atoms with Crippen molar-refractivity contribution in [2.45, 2.75) is 32.4 Å². The van der Waals surface area contributed by atoms with Gasteiger partial charge in [0.1, 0.15) is 6.17 Å². The van der Waals surface area contributed by atoms with Crippen molar-refractivity contribution in [1.82, 2.24) is 9.97 Å². The highest BCUT2D eigenvalue weighted by molar-refractivity contribution is 9.10. The predicted octanol–water partition coefficient (Wildman–Crippen LogP) is 3.98. The number of piperidine rings is 1. The summed E-state index contributed by atoms with van der Waals surface area (Å²) in [6.07, 6.45) is 7.39. The van der Waals surface area contributed by atoms with Gasteiger partial charge in [0.05, 0.1) is 0 Å². The van der Waals surface area contributed by atoms with Crippen LogP contribution in [0.4, 0.5) is 11.6 Å². The number of hydrogen-bond acceptors (Lipinski definition) is 4. The Labute approximate surface area is 133 Å². The van der Waals surface area contributed by atoms with E-state index in [4.69, 9.17) is 0 Å². The van der Waals surface area contributed by atoms with E-state index in [1.54, 1.807) is 12.4 Å². The van der Waals surface area contributed by atoms with E-state index in [2.05, 4.69) is 61.2 Å². The second kappa shape index (κ2) is 6.43. The molecule has 2 aromatic rings. The fourth-order valence-electron chi connectivity index (χ4n) is 2.73. The summed E-state index contributed by atoms with van der Waals surface area (Å²) in [5.74, 6) is 0.810. The molecule has 1 aliphatic rings. The molecule has 1 aromatic heterocycles. The van der Waals surface area contributed by atoms with Gasteiger partial charge in [-0.05, 0) is 56.0 Å². The van der Waals surface area contributed by atoms with Gasteiger partial charge in [-0.25, -0.2) is 9.97 Å². The number of hydrogen-bond donors (Lipinski definition) is 1. The van der Waals surface area contributed by atoms with Crippen molar-refractivity contribution in [2.24, 2.45) is 0 Å². The zero-order chi connectivity index (χ0) is 14.7. The highest BCUT2D eigenvalue weighted by Gasteiger charge is 2.24. The molecule has 0 spiro atoms. The molecular formula is C16H19BrN4. The molecule has 3 rings (SSSR count). The minimum atomic E-state index is 0.251. The minimum Gasteiger partial charge on any atom is -0.365 e. The number of anilines is 2. The molecule has 1 aromatic carbocycles. The zero-order valence-corrected chi connectivity index (χ0v) is 13.7. The van der Waals surface area contributed by atoms with Crippen molar-refractivity contribution in [3.8, 4) is 0 Å². The van der Waals surface area contributed by atoms with E-state index in [1.807, 2.05) is 6.07 Å². The summed E-state index contributed by atoms with van der Waals surface area (Å²) in [7, 11) is 0. The summed E-state index contributed by atoms with van der Waals surface area (Å²) in [4.78, 5) is 11.1. The van der Waals surface area contributed by atoms with Crippen LogP contribution in [0.25, 0.3) is 0 Å². The first-order valence-electron chi connectivity index (χ1n) is 7.30. The van der Waals surface area contributed by atoms with Gasteiger partial charge in [0, 0.05) is 29.1 Å². The first kappa shape index (κ1) is 14.3. The Balaban J connectivity index is 1.81. The number of benzene rings is 1. The van der Waals surface area contributed by atoms with E-state index in [1.165, 1.54) is 24.1 Å². The van der Waals surface area contributed by atoms with Crippen molar-refractivity contribution < 1.29 is 0 Å². The average Bonchev–Trinajstić information content (AvgIpc) is 2.51. The highest BCUT2D eigenvalue weighted by atomic mass is 79.9. The summed E-state index contributed by atoms with van der Waals surface area (Å²) in [5.41, 5.74) is 2.41. The maximum Gasteiger partial charge on any atom is 0.226 e. The fourth-order valence-corrected chi connectivity index (χ4v) is 3.20. The standard InChI is InChI=1S/C16H19BrN4/c1-12-11-13(17)6-7-14(12)20-15-5-2-3-10-21(15)16-18-8-4-9-19-16/h4,6-9,11,15,20H,2-3,5,10H2,1H3. The maximum atomic E-state index is 4.40. The van der Waals surface area contributed by atoms with Crippen LogP contribution in [-0.4, -0.2) is 22.7 Å². The Morgan fingerprint density at radius 3 is 2.81 bits per heavy atom. The molecule has 0 radical (unpaired) electrons. The smallest absolute Gasteiger partial charge is 0.226 e. The van der Waals surface area contributed by atoms with Gasteiger partial charge >= 0.3 is 0 Å². The lowest BCUT2D eigenvalue weighted by Gasteiger charge is -2.37. The molecule has 1 fully saturated rings. The number of aromatic nitrogens is 2. The maximum absolute atomic E-state index is 4.40. The number of nitrogens with one attached hydrogen (secondary N) is 1. The number of aryl methyl sites for hydroxylation is 1. The Hall–Kier alpha value is -1.62. The number of halogens is 1. The van der Waals surface area contributed by atoms with Gasteiger partial charge in [-0.2, -0.15) is 0 Å². The summed E-state index contributed by atoms with van der Waals surface area (Å²) in [6.45, 7) is 3.12. The lowest BCUT2D eigenvalue weighted by molar-refractivity contribution is 0.485. The van der Waals surface area contributed by atoms with Crippen LogP contribution in [0.5, 0.6) is 0 Å². The van der Waals surface area contributed by atoms with Crippen LogP contribution in [0.1, 0.15) is 24.8 Å². The van der Waals surface area contributed by atoms with Gasteiger partial charge in [-0.1, -0.05) is 15.9 Å². The van der Waals surface area contributed by atoms with E-state index in [0.717, 1.165) is 23.4 Å². The highest BCUT2D eigenvalue weighted by Crippen LogP contribution is 2.26. The molecule has 0 saturated carbocycles. The van der Waals surface area contributed by atoms with Crippen molar-refractivity contribution >= 4 is 27.6 Å². The second-order valence-corrected chi connectivity index (χ2v) is 6.27. The average molecular weight is 347 g/mol. The van der Waals surface area contributed by atoms with Crippen LogP contribution in [0.2, 0.25) is 0 Å². The van der Waals surface area contributed by atoms with Crippen molar-refractivity contribution in [3.05, 3.63) is 46.7 Å². The quantitative estimate of drug-likeness (QED) is 0.912. The van der Waals surface area contributed by atoms with E-state index < -0.39 is 0 Å². The molecule has 4 nitrogen and oxygen atoms in total. The lowest BCUT2D eigenvalue weighted by atomic mass is 10.1. The predicted molar refractivity (Wildman–Crippen MR) is 89.5 cm³/mol. The molecule has 1 unspecified atom stereocenters.